The number of carboxylic acids is 1. The fourth-order valence-corrected chi connectivity index (χ4v) is 2.54. The zero-order chi connectivity index (χ0) is 14.1. The summed E-state index contributed by atoms with van der Waals surface area (Å²) in [6.07, 6.45) is 5.62. The van der Waals surface area contributed by atoms with Crippen LogP contribution in [0.15, 0.2) is 16.9 Å². The summed E-state index contributed by atoms with van der Waals surface area (Å²) in [5.74, 6) is -0.402. The third-order valence-corrected chi connectivity index (χ3v) is 3.57. The molecule has 1 saturated carbocycles. The number of carbonyl (C=O) groups is 1. The normalized spacial score (nSPS) is 22.1. The topological polar surface area (TPSA) is 102 Å². The molecule has 2 aromatic rings. The standard InChI is InChI=1S/C13H14N4O3/c1-7-5-14-10(15-6-7)11-16-12(20-17-11)8-3-2-4-9(8)13(18)19/h5-6,8-9H,2-4H2,1H3,(H,18,19). The van der Waals surface area contributed by atoms with Crippen molar-refractivity contribution >= 4 is 5.97 Å². The molecular weight excluding hydrogens is 260 g/mol. The molecule has 7 nitrogen and oxygen atoms in total. The van der Waals surface area contributed by atoms with Gasteiger partial charge in [-0.3, -0.25) is 4.79 Å². The first kappa shape index (κ1) is 12.7. The minimum Gasteiger partial charge on any atom is -0.481 e. The Labute approximate surface area is 115 Å². The summed E-state index contributed by atoms with van der Waals surface area (Å²) in [5.41, 5.74) is 0.944. The predicted octanol–water partition coefficient (Wildman–Crippen LogP) is 1.80. The number of hydrogen-bond acceptors (Lipinski definition) is 6. The van der Waals surface area contributed by atoms with E-state index in [-0.39, 0.29) is 5.92 Å². The van der Waals surface area contributed by atoms with E-state index < -0.39 is 11.9 Å². The quantitative estimate of drug-likeness (QED) is 0.910. The van der Waals surface area contributed by atoms with Gasteiger partial charge in [0.2, 0.25) is 17.5 Å². The Morgan fingerprint density at radius 3 is 2.75 bits per heavy atom. The lowest BCUT2D eigenvalue weighted by Crippen LogP contribution is -2.17. The molecule has 2 aromatic heterocycles. The van der Waals surface area contributed by atoms with Crippen molar-refractivity contribution in [3.63, 3.8) is 0 Å². The van der Waals surface area contributed by atoms with Gasteiger partial charge in [0.25, 0.3) is 0 Å². The lowest BCUT2D eigenvalue weighted by molar-refractivity contribution is -0.142. The first-order chi connectivity index (χ1) is 9.65. The number of rotatable bonds is 3. The molecule has 104 valence electrons. The van der Waals surface area contributed by atoms with E-state index in [1.807, 2.05) is 6.92 Å². The summed E-state index contributed by atoms with van der Waals surface area (Å²) in [5, 5.41) is 13.0. The third kappa shape index (κ3) is 2.26. The van der Waals surface area contributed by atoms with Crippen molar-refractivity contribution in [1.29, 1.82) is 0 Å². The minimum atomic E-state index is -0.807. The molecule has 7 heteroatoms. The second-order valence-electron chi connectivity index (χ2n) is 5.02. The van der Waals surface area contributed by atoms with E-state index in [2.05, 4.69) is 20.1 Å². The monoisotopic (exact) mass is 274 g/mol. The first-order valence-corrected chi connectivity index (χ1v) is 6.50. The van der Waals surface area contributed by atoms with E-state index in [0.717, 1.165) is 18.4 Å². The van der Waals surface area contributed by atoms with Crippen LogP contribution in [0.25, 0.3) is 11.6 Å². The summed E-state index contributed by atoms with van der Waals surface area (Å²) in [4.78, 5) is 23.7. The molecule has 0 radical (unpaired) electrons. The summed E-state index contributed by atoms with van der Waals surface area (Å²) in [6, 6.07) is 0. The molecule has 3 rings (SSSR count). The average Bonchev–Trinajstić information content (AvgIpc) is 3.08. The van der Waals surface area contributed by atoms with Gasteiger partial charge in [-0.15, -0.1) is 0 Å². The molecule has 1 aliphatic rings. The molecule has 0 bridgehead atoms. The van der Waals surface area contributed by atoms with Crippen molar-refractivity contribution in [1.82, 2.24) is 20.1 Å². The minimum absolute atomic E-state index is 0.209. The second kappa shape index (κ2) is 4.99. The van der Waals surface area contributed by atoms with Gasteiger partial charge in [-0.05, 0) is 25.3 Å². The summed E-state index contributed by atoms with van der Waals surface area (Å²) < 4.78 is 5.21. The van der Waals surface area contributed by atoms with Crippen LogP contribution in [-0.4, -0.2) is 31.2 Å². The summed E-state index contributed by atoms with van der Waals surface area (Å²) >= 11 is 0. The Bertz CT molecular complexity index is 623. The zero-order valence-corrected chi connectivity index (χ0v) is 11.0. The van der Waals surface area contributed by atoms with Crippen molar-refractivity contribution in [2.75, 3.05) is 0 Å². The van der Waals surface area contributed by atoms with E-state index >= 15 is 0 Å². The highest BCUT2D eigenvalue weighted by atomic mass is 16.5. The molecule has 0 aromatic carbocycles. The fourth-order valence-electron chi connectivity index (χ4n) is 2.54. The van der Waals surface area contributed by atoms with Crippen molar-refractivity contribution in [2.24, 2.45) is 5.92 Å². The zero-order valence-electron chi connectivity index (χ0n) is 11.0. The Kier molecular flexibility index (Phi) is 3.17. The van der Waals surface area contributed by atoms with Crippen LogP contribution in [0.2, 0.25) is 0 Å². The molecule has 0 saturated heterocycles. The second-order valence-corrected chi connectivity index (χ2v) is 5.02. The number of aryl methyl sites for hydroxylation is 1. The third-order valence-electron chi connectivity index (χ3n) is 3.57. The number of aromatic nitrogens is 4. The van der Waals surface area contributed by atoms with Crippen LogP contribution in [0.3, 0.4) is 0 Å². The van der Waals surface area contributed by atoms with Crippen molar-refractivity contribution < 1.29 is 14.4 Å². The maximum Gasteiger partial charge on any atom is 0.307 e. The SMILES string of the molecule is Cc1cnc(-c2noc(C3CCCC3C(=O)O)n2)nc1. The van der Waals surface area contributed by atoms with Crippen LogP contribution in [-0.2, 0) is 4.79 Å². The number of carboxylic acid groups (broad SMARTS) is 1. The van der Waals surface area contributed by atoms with Gasteiger partial charge in [0, 0.05) is 12.4 Å². The highest BCUT2D eigenvalue weighted by Gasteiger charge is 2.37. The van der Waals surface area contributed by atoms with E-state index in [9.17, 15) is 9.90 Å². The maximum atomic E-state index is 11.2. The van der Waals surface area contributed by atoms with Gasteiger partial charge in [0.1, 0.15) is 0 Å². The smallest absolute Gasteiger partial charge is 0.307 e. The summed E-state index contributed by atoms with van der Waals surface area (Å²) in [7, 11) is 0. The van der Waals surface area contributed by atoms with E-state index in [0.29, 0.717) is 24.0 Å². The molecule has 1 N–H and O–H groups in total. The molecule has 20 heavy (non-hydrogen) atoms. The van der Waals surface area contributed by atoms with Gasteiger partial charge in [0.15, 0.2) is 0 Å². The Morgan fingerprint density at radius 1 is 1.30 bits per heavy atom. The average molecular weight is 274 g/mol. The molecule has 0 amide bonds. The van der Waals surface area contributed by atoms with Crippen LogP contribution >= 0.6 is 0 Å². The Morgan fingerprint density at radius 2 is 2.05 bits per heavy atom. The van der Waals surface area contributed by atoms with Gasteiger partial charge in [-0.2, -0.15) is 4.98 Å². The maximum absolute atomic E-state index is 11.2. The van der Waals surface area contributed by atoms with E-state index in [1.54, 1.807) is 12.4 Å². The number of hydrogen-bond donors (Lipinski definition) is 1. The molecule has 2 heterocycles. The molecule has 0 spiro atoms. The van der Waals surface area contributed by atoms with Gasteiger partial charge in [0.05, 0.1) is 11.8 Å². The molecule has 0 aliphatic heterocycles. The van der Waals surface area contributed by atoms with E-state index in [4.69, 9.17) is 4.52 Å². The largest absolute Gasteiger partial charge is 0.481 e. The van der Waals surface area contributed by atoms with Gasteiger partial charge < -0.3 is 9.63 Å². The predicted molar refractivity (Wildman–Crippen MR) is 67.8 cm³/mol. The van der Waals surface area contributed by atoms with Gasteiger partial charge in [-0.1, -0.05) is 11.6 Å². The Hall–Kier alpha value is -2.31. The van der Waals surface area contributed by atoms with Gasteiger partial charge in [-0.25, -0.2) is 9.97 Å². The molecule has 2 atom stereocenters. The van der Waals surface area contributed by atoms with Crippen molar-refractivity contribution in [3.05, 3.63) is 23.8 Å². The number of aliphatic carboxylic acids is 1. The van der Waals surface area contributed by atoms with E-state index in [1.165, 1.54) is 0 Å². The summed E-state index contributed by atoms with van der Waals surface area (Å²) in [6.45, 7) is 1.89. The molecular formula is C13H14N4O3. The molecule has 1 fully saturated rings. The van der Waals surface area contributed by atoms with Crippen LogP contribution in [0.4, 0.5) is 0 Å². The van der Waals surface area contributed by atoms with Crippen molar-refractivity contribution in [3.8, 4) is 11.6 Å². The lowest BCUT2D eigenvalue weighted by Gasteiger charge is -2.09. The van der Waals surface area contributed by atoms with Crippen LogP contribution in [0.1, 0.15) is 36.6 Å². The highest BCUT2D eigenvalue weighted by Crippen LogP contribution is 2.39. The van der Waals surface area contributed by atoms with Gasteiger partial charge >= 0.3 is 5.97 Å². The molecule has 1 aliphatic carbocycles. The molecule has 2 unspecified atom stereocenters. The van der Waals surface area contributed by atoms with Crippen molar-refractivity contribution in [2.45, 2.75) is 32.1 Å². The van der Waals surface area contributed by atoms with Crippen LogP contribution in [0.5, 0.6) is 0 Å². The Balaban J connectivity index is 1.86. The van der Waals surface area contributed by atoms with Crippen LogP contribution < -0.4 is 0 Å². The van der Waals surface area contributed by atoms with Crippen LogP contribution in [0, 0.1) is 12.8 Å². The fraction of sp³-hybridized carbons (Fsp3) is 0.462. The first-order valence-electron chi connectivity index (χ1n) is 6.50. The highest BCUT2D eigenvalue weighted by molar-refractivity contribution is 5.71. The lowest BCUT2D eigenvalue weighted by atomic mass is 9.96. The number of nitrogens with zero attached hydrogens (tertiary/aromatic N) is 4.